The summed E-state index contributed by atoms with van der Waals surface area (Å²) in [5.41, 5.74) is 2.34. The summed E-state index contributed by atoms with van der Waals surface area (Å²) in [6.45, 7) is 18.2. The van der Waals surface area contributed by atoms with E-state index in [9.17, 15) is 13.2 Å². The maximum absolute atomic E-state index is 13.5. The van der Waals surface area contributed by atoms with E-state index in [0.717, 1.165) is 16.7 Å². The lowest BCUT2D eigenvalue weighted by atomic mass is 9.89. The van der Waals surface area contributed by atoms with Crippen molar-refractivity contribution in [3.63, 3.8) is 0 Å². The van der Waals surface area contributed by atoms with Gasteiger partial charge in [-0.1, -0.05) is 74.4 Å². The van der Waals surface area contributed by atoms with Crippen molar-refractivity contribution in [2.24, 2.45) is 5.41 Å². The second-order valence-electron chi connectivity index (χ2n) is 9.70. The van der Waals surface area contributed by atoms with E-state index < -0.39 is 21.5 Å². The molecule has 1 aliphatic heterocycles. The van der Waals surface area contributed by atoms with E-state index in [1.54, 1.807) is 0 Å². The van der Waals surface area contributed by atoms with Gasteiger partial charge in [0.2, 0.25) is 10.0 Å². The summed E-state index contributed by atoms with van der Waals surface area (Å²) >= 11 is 0. The number of carbonyl (C=O) groups excluding carboxylic acids is 1. The Hall–Kier alpha value is -1.20. The first-order chi connectivity index (χ1) is 12.2. The van der Waals surface area contributed by atoms with Gasteiger partial charge < -0.3 is 0 Å². The molecular weight excluding hydrogens is 358 g/mol. The lowest BCUT2D eigenvalue weighted by Crippen LogP contribution is -2.30. The Labute approximate surface area is 165 Å². The van der Waals surface area contributed by atoms with Crippen molar-refractivity contribution < 1.29 is 13.2 Å². The minimum atomic E-state index is -3.70. The van der Waals surface area contributed by atoms with Crippen LogP contribution in [0.1, 0.15) is 96.8 Å². The average Bonchev–Trinajstić information content (AvgIpc) is 3.32. The second-order valence-corrected chi connectivity index (χ2v) is 11.5. The van der Waals surface area contributed by atoms with Gasteiger partial charge in [-0.2, -0.15) is 4.31 Å². The number of nitrogens with zero attached hydrogens (tertiary/aromatic N) is 1. The van der Waals surface area contributed by atoms with E-state index in [-0.39, 0.29) is 17.6 Å². The van der Waals surface area contributed by atoms with Crippen LogP contribution in [0, 0.1) is 5.41 Å². The summed E-state index contributed by atoms with van der Waals surface area (Å²) in [4.78, 5) is 13.0. The number of ketones is 1. The van der Waals surface area contributed by atoms with E-state index in [2.05, 4.69) is 13.8 Å². The molecule has 2 rings (SSSR count). The van der Waals surface area contributed by atoms with Gasteiger partial charge in [-0.15, -0.1) is 0 Å². The normalized spacial score (nSPS) is 20.6. The molecule has 0 spiro atoms. The maximum atomic E-state index is 13.5. The van der Waals surface area contributed by atoms with Crippen LogP contribution < -0.4 is 0 Å². The summed E-state index contributed by atoms with van der Waals surface area (Å²) < 4.78 is 28.5. The lowest BCUT2D eigenvalue weighted by Gasteiger charge is -2.23. The third-order valence-electron chi connectivity index (χ3n) is 5.25. The van der Waals surface area contributed by atoms with Gasteiger partial charge in [0.05, 0.1) is 10.9 Å². The topological polar surface area (TPSA) is 54.2 Å². The van der Waals surface area contributed by atoms with E-state index in [0.29, 0.717) is 17.4 Å². The van der Waals surface area contributed by atoms with Gasteiger partial charge in [0.25, 0.3) is 0 Å². The number of Topliss-reactive ketones (excluding diaryl/α,β-unsaturated/α-hetero) is 1. The third kappa shape index (κ3) is 4.29. The molecule has 0 amide bonds. The fourth-order valence-corrected chi connectivity index (χ4v) is 5.59. The summed E-state index contributed by atoms with van der Waals surface area (Å²) in [5, 5.41) is 0. The van der Waals surface area contributed by atoms with Gasteiger partial charge in [0.1, 0.15) is 0 Å². The van der Waals surface area contributed by atoms with Gasteiger partial charge in [-0.05, 0) is 34.4 Å². The van der Waals surface area contributed by atoms with Crippen LogP contribution in [0.25, 0.3) is 0 Å². The van der Waals surface area contributed by atoms with E-state index >= 15 is 0 Å². The summed E-state index contributed by atoms with van der Waals surface area (Å²) in [6, 6.07) is 3.55. The zero-order valence-corrected chi connectivity index (χ0v) is 19.1. The Morgan fingerprint density at radius 2 is 1.41 bits per heavy atom. The minimum Gasteiger partial charge on any atom is -0.297 e. The van der Waals surface area contributed by atoms with Crippen LogP contribution in [0.4, 0.5) is 0 Å². The van der Waals surface area contributed by atoms with Gasteiger partial charge in [-0.25, -0.2) is 8.42 Å². The predicted molar refractivity (Wildman–Crippen MR) is 111 cm³/mol. The van der Waals surface area contributed by atoms with E-state index in [1.165, 1.54) is 4.31 Å². The molecule has 0 N–H and O–H groups in total. The molecule has 152 valence electrons. The van der Waals surface area contributed by atoms with Crippen LogP contribution in [0.2, 0.25) is 0 Å². The first-order valence-corrected chi connectivity index (χ1v) is 11.4. The van der Waals surface area contributed by atoms with Crippen LogP contribution in [0.3, 0.4) is 0 Å². The number of benzene rings is 1. The van der Waals surface area contributed by atoms with E-state index in [1.807, 2.05) is 60.6 Å². The first-order valence-electron chi connectivity index (χ1n) is 9.93. The zero-order chi connectivity index (χ0) is 20.9. The molecule has 2 atom stereocenters. The average molecular weight is 394 g/mol. The Morgan fingerprint density at radius 3 is 1.74 bits per heavy atom. The van der Waals surface area contributed by atoms with Crippen LogP contribution in [-0.4, -0.2) is 31.1 Å². The lowest BCUT2D eigenvalue weighted by molar-refractivity contribution is -0.126. The molecule has 2 unspecified atom stereocenters. The summed E-state index contributed by atoms with van der Waals surface area (Å²) in [7, 11) is -3.70. The number of rotatable bonds is 6. The predicted octanol–water partition coefficient (Wildman–Crippen LogP) is 5.04. The maximum Gasteiger partial charge on any atom is 0.244 e. The first kappa shape index (κ1) is 22.1. The van der Waals surface area contributed by atoms with Gasteiger partial charge in [0, 0.05) is 12.0 Å². The molecule has 1 saturated heterocycles. The van der Waals surface area contributed by atoms with Crippen LogP contribution in [0.15, 0.2) is 17.0 Å². The molecule has 1 fully saturated rings. The van der Waals surface area contributed by atoms with Crippen molar-refractivity contribution in [1.82, 2.24) is 4.31 Å². The smallest absolute Gasteiger partial charge is 0.244 e. The van der Waals surface area contributed by atoms with Crippen LogP contribution in [0.5, 0.6) is 0 Å². The fraction of sp³-hybridized carbons (Fsp3) is 0.682. The van der Waals surface area contributed by atoms with Crippen molar-refractivity contribution >= 4 is 15.8 Å². The Bertz CT molecular complexity index is 801. The Morgan fingerprint density at radius 1 is 0.963 bits per heavy atom. The van der Waals surface area contributed by atoms with Crippen molar-refractivity contribution in [1.29, 1.82) is 0 Å². The molecule has 0 aromatic heterocycles. The molecule has 1 heterocycles. The van der Waals surface area contributed by atoms with Gasteiger partial charge in [-0.3, -0.25) is 4.79 Å². The summed E-state index contributed by atoms with van der Waals surface area (Å²) in [6.07, 6.45) is 0. The zero-order valence-electron chi connectivity index (χ0n) is 18.3. The van der Waals surface area contributed by atoms with E-state index in [4.69, 9.17) is 0 Å². The van der Waals surface area contributed by atoms with Crippen molar-refractivity contribution in [2.75, 3.05) is 6.54 Å². The van der Waals surface area contributed by atoms with Crippen LogP contribution >= 0.6 is 0 Å². The molecule has 5 heteroatoms. The molecule has 1 aromatic rings. The van der Waals surface area contributed by atoms with Crippen molar-refractivity contribution in [2.45, 2.75) is 91.0 Å². The SMILES string of the molecule is CC(C)c1cc(C(C)C)c(S(=O)(=O)N2CC2C(=O)C(C)(C)C)c(C(C)C)c1. The second kappa shape index (κ2) is 7.32. The molecular formula is C22H35NO3S. The molecule has 0 radical (unpaired) electrons. The highest BCUT2D eigenvalue weighted by Crippen LogP contribution is 2.41. The Kier molecular flexibility index (Phi) is 5.99. The largest absolute Gasteiger partial charge is 0.297 e. The number of hydrogen-bond acceptors (Lipinski definition) is 3. The quantitative estimate of drug-likeness (QED) is 0.636. The number of carbonyl (C=O) groups is 1. The highest BCUT2D eigenvalue weighted by atomic mass is 32.2. The number of sulfonamides is 1. The van der Waals surface area contributed by atoms with Gasteiger partial charge >= 0.3 is 0 Å². The molecule has 27 heavy (non-hydrogen) atoms. The summed E-state index contributed by atoms with van der Waals surface area (Å²) in [5.74, 6) is 0.487. The van der Waals surface area contributed by atoms with Gasteiger partial charge in [0.15, 0.2) is 5.78 Å². The van der Waals surface area contributed by atoms with Crippen molar-refractivity contribution in [3.05, 3.63) is 28.8 Å². The third-order valence-corrected chi connectivity index (χ3v) is 7.26. The standard InChI is InChI=1S/C22H35NO3S/c1-13(2)16-10-17(14(3)4)20(18(11-16)15(5)6)27(25,26)23-12-19(23)21(24)22(7,8)9/h10-11,13-15,19H,12H2,1-9H3. The highest BCUT2D eigenvalue weighted by molar-refractivity contribution is 7.89. The van der Waals surface area contributed by atoms with Crippen LogP contribution in [-0.2, 0) is 14.8 Å². The molecule has 1 aliphatic rings. The number of hydrogen-bond donors (Lipinski definition) is 0. The Balaban J connectivity index is 2.62. The van der Waals surface area contributed by atoms with Crippen molar-refractivity contribution in [3.8, 4) is 0 Å². The fourth-order valence-electron chi connectivity index (χ4n) is 3.41. The monoisotopic (exact) mass is 393 g/mol. The molecule has 4 nitrogen and oxygen atoms in total. The molecule has 0 saturated carbocycles. The highest BCUT2D eigenvalue weighted by Gasteiger charge is 2.52. The molecule has 0 aliphatic carbocycles. The molecule has 1 aromatic carbocycles. The molecule has 0 bridgehead atoms. The minimum absolute atomic E-state index is 0.0120.